The van der Waals surface area contributed by atoms with Gasteiger partial charge in [0.2, 0.25) is 0 Å². The Morgan fingerprint density at radius 3 is 1.04 bits per heavy atom. The number of phenolic OH excluding ortho intramolecular Hbond substituents is 6. The summed E-state index contributed by atoms with van der Waals surface area (Å²) in [5.41, 5.74) is 16.1. The zero-order valence-corrected chi connectivity index (χ0v) is 28.8. The summed E-state index contributed by atoms with van der Waals surface area (Å²) in [6, 6.07) is 27.9. The van der Waals surface area contributed by atoms with E-state index in [-0.39, 0.29) is 34.5 Å². The lowest BCUT2D eigenvalue weighted by Crippen LogP contribution is -1.93. The third-order valence-electron chi connectivity index (χ3n) is 9.56. The molecule has 9 rings (SSSR count). The summed E-state index contributed by atoms with van der Waals surface area (Å²) in [6.45, 7) is 0. The number of nitrogens with one attached hydrogen (secondary N) is 2. The first kappa shape index (κ1) is 33.0. The van der Waals surface area contributed by atoms with Crippen LogP contribution in [0.3, 0.4) is 0 Å². The number of hydrogen-bond acceptors (Lipinski definition) is 9. The van der Waals surface area contributed by atoms with Crippen molar-refractivity contribution in [3.8, 4) is 79.0 Å². The average molecular weight is 726 g/mol. The molecule has 10 N–H and O–H groups in total. The second-order valence-corrected chi connectivity index (χ2v) is 13.3. The minimum absolute atomic E-state index is 0.139. The van der Waals surface area contributed by atoms with E-state index in [1.807, 2.05) is 72.8 Å². The van der Waals surface area contributed by atoms with Crippen LogP contribution in [0.25, 0.3) is 90.9 Å². The molecule has 3 aromatic heterocycles. The van der Waals surface area contributed by atoms with Crippen molar-refractivity contribution in [2.24, 2.45) is 0 Å². The van der Waals surface area contributed by atoms with E-state index in [0.717, 1.165) is 5.56 Å². The molecule has 0 unspecified atom stereocenters. The maximum absolute atomic E-state index is 10.6. The predicted molar refractivity (Wildman–Crippen MR) is 215 cm³/mol. The Hall–Kier alpha value is -7.92. The number of fused-ring (bicyclic) bond motifs is 8. The van der Waals surface area contributed by atoms with Crippen LogP contribution in [0.5, 0.6) is 34.5 Å². The third kappa shape index (κ3) is 5.91. The van der Waals surface area contributed by atoms with Gasteiger partial charge in [0.15, 0.2) is 0 Å². The number of benzene rings is 4. The van der Waals surface area contributed by atoms with E-state index in [1.54, 1.807) is 24.3 Å². The van der Waals surface area contributed by atoms with Gasteiger partial charge in [-0.25, -0.2) is 9.97 Å². The summed E-state index contributed by atoms with van der Waals surface area (Å²) in [7, 11) is 0. The van der Waals surface area contributed by atoms with E-state index in [4.69, 9.17) is 15.7 Å². The van der Waals surface area contributed by atoms with Gasteiger partial charge in [0.05, 0.1) is 22.8 Å². The van der Waals surface area contributed by atoms with Gasteiger partial charge in [-0.15, -0.1) is 0 Å². The fraction of sp³-hybridized carbons (Fsp3) is 0. The Morgan fingerprint density at radius 1 is 0.382 bits per heavy atom. The standard InChI is InChI=1S/C44H31N5O6/c45-32-4-2-1-3-31(32)44-39-11-9-37(48-39)42(23-15-27(52)20-28(53)16-23)35-7-5-33(46-35)41(22-13-25(50)19-26(51)14-22)34-6-8-36(47-34)43(38-10-12-40(44)49-38)24-17-29(54)21-30(55)18-24/h1-21,46,49-55H,45H2. The van der Waals surface area contributed by atoms with Crippen LogP contribution in [0.1, 0.15) is 22.8 Å². The van der Waals surface area contributed by atoms with Crippen LogP contribution in [-0.4, -0.2) is 50.6 Å². The predicted octanol–water partition coefficient (Wildman–Crippen LogP) is 9.14. The molecular weight excluding hydrogens is 695 g/mol. The van der Waals surface area contributed by atoms with Crippen LogP contribution in [0.15, 0.2) is 103 Å². The number of phenols is 6. The molecule has 55 heavy (non-hydrogen) atoms. The summed E-state index contributed by atoms with van der Waals surface area (Å²) in [5.74, 6) is -0.869. The van der Waals surface area contributed by atoms with E-state index in [1.165, 1.54) is 30.3 Å². The largest absolute Gasteiger partial charge is 0.508 e. The zero-order chi connectivity index (χ0) is 38.0. The van der Waals surface area contributed by atoms with Crippen LogP contribution < -0.4 is 5.73 Å². The number of nitrogens with zero attached hydrogens (tertiary/aromatic N) is 2. The van der Waals surface area contributed by atoms with E-state index < -0.39 is 0 Å². The van der Waals surface area contributed by atoms with Crippen molar-refractivity contribution in [3.05, 3.63) is 126 Å². The number of nitrogen functional groups attached to an aromatic ring is 1. The van der Waals surface area contributed by atoms with Gasteiger partial charge in [0, 0.05) is 73.8 Å². The van der Waals surface area contributed by atoms with E-state index in [2.05, 4.69) is 9.97 Å². The first-order valence-electron chi connectivity index (χ1n) is 17.2. The van der Waals surface area contributed by atoms with Gasteiger partial charge in [-0.05, 0) is 108 Å². The summed E-state index contributed by atoms with van der Waals surface area (Å²) in [4.78, 5) is 17.3. The molecule has 0 radical (unpaired) electrons. The summed E-state index contributed by atoms with van der Waals surface area (Å²) >= 11 is 0. The zero-order valence-electron chi connectivity index (χ0n) is 28.8. The van der Waals surface area contributed by atoms with E-state index in [0.29, 0.717) is 89.5 Å². The molecule has 0 amide bonds. The number of para-hydroxylation sites is 1. The lowest BCUT2D eigenvalue weighted by atomic mass is 10.0. The minimum Gasteiger partial charge on any atom is -0.508 e. The van der Waals surface area contributed by atoms with Crippen molar-refractivity contribution >= 4 is 52.1 Å². The van der Waals surface area contributed by atoms with E-state index >= 15 is 0 Å². The topological polar surface area (TPSA) is 205 Å². The highest BCUT2D eigenvalue weighted by Gasteiger charge is 2.21. The molecule has 0 saturated carbocycles. The molecule has 2 aliphatic heterocycles. The first-order chi connectivity index (χ1) is 26.6. The molecule has 5 heterocycles. The molecule has 4 aromatic carbocycles. The monoisotopic (exact) mass is 725 g/mol. The van der Waals surface area contributed by atoms with Crippen LogP contribution in [0, 0.1) is 0 Å². The van der Waals surface area contributed by atoms with Gasteiger partial charge in [0.25, 0.3) is 0 Å². The smallest absolute Gasteiger partial charge is 0.119 e. The Balaban J connectivity index is 1.50. The number of H-pyrrole nitrogens is 2. The number of rotatable bonds is 4. The maximum atomic E-state index is 10.6. The van der Waals surface area contributed by atoms with Crippen molar-refractivity contribution < 1.29 is 30.6 Å². The Bertz CT molecular complexity index is 2870. The fourth-order valence-corrected chi connectivity index (χ4v) is 7.34. The van der Waals surface area contributed by atoms with Crippen molar-refractivity contribution in [3.63, 3.8) is 0 Å². The quantitative estimate of drug-likeness (QED) is 0.0792. The molecule has 8 bridgehead atoms. The average Bonchev–Trinajstić information content (AvgIpc) is 3.95. The van der Waals surface area contributed by atoms with Crippen molar-refractivity contribution in [2.45, 2.75) is 0 Å². The SMILES string of the molecule is Nc1ccccc1-c1c2nc(c(-c3cc(O)cc(O)c3)c3ccc([nH]3)c(-c3cc(O)cc(O)c3)c3nc(c(-c4cc(O)cc(O)c4)c4ccc1[nH]4)C=C3)C=C2. The number of aromatic nitrogens is 4. The highest BCUT2D eigenvalue weighted by atomic mass is 16.3. The number of aromatic hydroxyl groups is 6. The van der Waals surface area contributed by atoms with Crippen LogP contribution in [-0.2, 0) is 0 Å². The Kier molecular flexibility index (Phi) is 7.57. The first-order valence-corrected chi connectivity index (χ1v) is 17.2. The van der Waals surface area contributed by atoms with Crippen molar-refractivity contribution in [2.75, 3.05) is 5.73 Å². The third-order valence-corrected chi connectivity index (χ3v) is 9.56. The fourth-order valence-electron chi connectivity index (χ4n) is 7.34. The molecule has 268 valence electrons. The normalized spacial score (nSPS) is 12.0. The van der Waals surface area contributed by atoms with E-state index in [9.17, 15) is 30.6 Å². The number of anilines is 1. The number of nitrogens with two attached hydrogens (primary N) is 1. The van der Waals surface area contributed by atoms with Gasteiger partial charge in [-0.1, -0.05) is 18.2 Å². The van der Waals surface area contributed by atoms with Gasteiger partial charge < -0.3 is 46.3 Å². The van der Waals surface area contributed by atoms with Crippen molar-refractivity contribution in [1.29, 1.82) is 0 Å². The van der Waals surface area contributed by atoms with Gasteiger partial charge in [-0.2, -0.15) is 0 Å². The van der Waals surface area contributed by atoms with Crippen molar-refractivity contribution in [1.82, 2.24) is 19.9 Å². The Labute approximate surface area is 312 Å². The highest BCUT2D eigenvalue weighted by molar-refractivity contribution is 6.01. The summed E-state index contributed by atoms with van der Waals surface area (Å²) < 4.78 is 0. The molecule has 0 aliphatic carbocycles. The minimum atomic E-state index is -0.156. The molecule has 0 fully saturated rings. The second kappa shape index (κ2) is 12.6. The summed E-state index contributed by atoms with van der Waals surface area (Å²) in [5, 5.41) is 63.6. The summed E-state index contributed by atoms with van der Waals surface area (Å²) in [6.07, 6.45) is 7.34. The van der Waals surface area contributed by atoms with Gasteiger partial charge >= 0.3 is 0 Å². The van der Waals surface area contributed by atoms with Crippen LogP contribution in [0.4, 0.5) is 5.69 Å². The van der Waals surface area contributed by atoms with Gasteiger partial charge in [-0.3, -0.25) is 0 Å². The molecule has 11 nitrogen and oxygen atoms in total. The van der Waals surface area contributed by atoms with Crippen LogP contribution >= 0.6 is 0 Å². The molecule has 11 heteroatoms. The highest BCUT2D eigenvalue weighted by Crippen LogP contribution is 2.42. The second-order valence-electron chi connectivity index (χ2n) is 13.3. The van der Waals surface area contributed by atoms with Gasteiger partial charge in [0.1, 0.15) is 34.5 Å². The molecule has 0 spiro atoms. The lowest BCUT2D eigenvalue weighted by molar-refractivity contribution is 0.450. The number of hydrogen-bond donors (Lipinski definition) is 9. The molecule has 2 aliphatic rings. The molecule has 0 saturated heterocycles. The van der Waals surface area contributed by atoms with Crippen LogP contribution in [0.2, 0.25) is 0 Å². The maximum Gasteiger partial charge on any atom is 0.119 e. The number of aromatic amines is 2. The molecular formula is C44H31N5O6. The Morgan fingerprint density at radius 2 is 0.691 bits per heavy atom. The molecule has 7 aromatic rings. The molecule has 0 atom stereocenters. The lowest BCUT2D eigenvalue weighted by Gasteiger charge is -2.09.